The Labute approximate surface area is 116 Å². The second kappa shape index (κ2) is 5.96. The van der Waals surface area contributed by atoms with Gasteiger partial charge in [-0.05, 0) is 30.5 Å². The summed E-state index contributed by atoms with van der Waals surface area (Å²) in [6, 6.07) is 2.74. The number of amides is 1. The molecule has 7 nitrogen and oxygen atoms in total. The zero-order valence-corrected chi connectivity index (χ0v) is 11.3. The van der Waals surface area contributed by atoms with Crippen molar-refractivity contribution in [1.29, 1.82) is 0 Å². The van der Waals surface area contributed by atoms with Crippen molar-refractivity contribution in [3.8, 4) is 0 Å². The molecule has 1 aromatic carbocycles. The van der Waals surface area contributed by atoms with Crippen LogP contribution in [0.3, 0.4) is 0 Å². The van der Waals surface area contributed by atoms with E-state index >= 15 is 0 Å². The highest BCUT2D eigenvalue weighted by Crippen LogP contribution is 2.30. The van der Waals surface area contributed by atoms with E-state index in [-0.39, 0.29) is 17.2 Å². The fraction of sp³-hybridized carbons (Fsp3) is 0.231. The summed E-state index contributed by atoms with van der Waals surface area (Å²) in [7, 11) is 0. The van der Waals surface area contributed by atoms with Crippen LogP contribution >= 0.6 is 0 Å². The first-order valence-electron chi connectivity index (χ1n) is 5.89. The number of carbonyl (C=O) groups excluding carboxylic acids is 1. The fourth-order valence-corrected chi connectivity index (χ4v) is 1.73. The quantitative estimate of drug-likeness (QED) is 0.375. The number of aliphatic imine (C=N–C) groups is 1. The minimum Gasteiger partial charge on any atom is -0.370 e. The fourth-order valence-electron chi connectivity index (χ4n) is 1.73. The molecule has 0 saturated carbocycles. The Kier molecular flexibility index (Phi) is 4.58. The van der Waals surface area contributed by atoms with Gasteiger partial charge in [0.2, 0.25) is 0 Å². The standard InChI is InChI=1S/C13H16N4O3/c1-4-7(2)9-5-8(3)10(6-11(9)17(19)20)12(18)16-13(14)15/h5-6H,2,4H2,1,3H3,(H4,14,15,16,18). The normalized spacial score (nSPS) is 9.90. The molecule has 0 aliphatic carbocycles. The van der Waals surface area contributed by atoms with Crippen LogP contribution < -0.4 is 11.5 Å². The van der Waals surface area contributed by atoms with Crippen molar-refractivity contribution in [2.75, 3.05) is 0 Å². The van der Waals surface area contributed by atoms with Gasteiger partial charge in [-0.1, -0.05) is 13.5 Å². The third kappa shape index (κ3) is 3.19. The van der Waals surface area contributed by atoms with E-state index < -0.39 is 10.8 Å². The largest absolute Gasteiger partial charge is 0.370 e. The van der Waals surface area contributed by atoms with Gasteiger partial charge >= 0.3 is 0 Å². The zero-order chi connectivity index (χ0) is 15.4. The number of hydrogen-bond acceptors (Lipinski definition) is 3. The molecule has 1 aromatic rings. The highest BCUT2D eigenvalue weighted by atomic mass is 16.6. The van der Waals surface area contributed by atoms with Gasteiger partial charge in [-0.2, -0.15) is 4.99 Å². The van der Waals surface area contributed by atoms with Crippen LogP contribution in [0.2, 0.25) is 0 Å². The minimum absolute atomic E-state index is 0.0951. The van der Waals surface area contributed by atoms with Crippen molar-refractivity contribution >= 4 is 23.1 Å². The van der Waals surface area contributed by atoms with Gasteiger partial charge in [0.05, 0.1) is 16.1 Å². The van der Waals surface area contributed by atoms with Gasteiger partial charge in [0, 0.05) is 6.07 Å². The molecule has 0 radical (unpaired) electrons. The SMILES string of the molecule is C=C(CC)c1cc(C)c(C(=O)N=C(N)N)cc1[N+](=O)[O-]. The first-order valence-corrected chi connectivity index (χ1v) is 5.89. The Morgan fingerprint density at radius 1 is 1.40 bits per heavy atom. The summed E-state index contributed by atoms with van der Waals surface area (Å²) in [5, 5.41) is 11.1. The number of nitro groups is 1. The predicted octanol–water partition coefficient (Wildman–Crippen LogP) is 1.74. The Hall–Kier alpha value is -2.70. The molecule has 1 rings (SSSR count). The van der Waals surface area contributed by atoms with Gasteiger partial charge < -0.3 is 11.5 Å². The molecule has 0 aliphatic rings. The van der Waals surface area contributed by atoms with Crippen LogP contribution in [-0.4, -0.2) is 16.8 Å². The Balaban J connectivity index is 3.49. The van der Waals surface area contributed by atoms with E-state index in [0.29, 0.717) is 23.1 Å². The lowest BCUT2D eigenvalue weighted by atomic mass is 9.97. The number of nitrogens with zero attached hydrogens (tertiary/aromatic N) is 2. The highest BCUT2D eigenvalue weighted by Gasteiger charge is 2.21. The van der Waals surface area contributed by atoms with Crippen LogP contribution in [0, 0.1) is 17.0 Å². The molecular weight excluding hydrogens is 260 g/mol. The maximum absolute atomic E-state index is 11.8. The molecule has 20 heavy (non-hydrogen) atoms. The first kappa shape index (κ1) is 15.4. The van der Waals surface area contributed by atoms with Crippen LogP contribution in [0.25, 0.3) is 5.57 Å². The van der Waals surface area contributed by atoms with E-state index in [0.717, 1.165) is 0 Å². The van der Waals surface area contributed by atoms with E-state index in [2.05, 4.69) is 11.6 Å². The van der Waals surface area contributed by atoms with Gasteiger partial charge in [-0.25, -0.2) is 0 Å². The average molecular weight is 276 g/mol. The van der Waals surface area contributed by atoms with Crippen LogP contribution in [0.5, 0.6) is 0 Å². The Bertz CT molecular complexity index is 616. The minimum atomic E-state index is -0.709. The van der Waals surface area contributed by atoms with E-state index in [1.807, 2.05) is 6.92 Å². The molecule has 0 aromatic heterocycles. The van der Waals surface area contributed by atoms with Crippen LogP contribution in [0.1, 0.15) is 34.8 Å². The summed E-state index contributed by atoms with van der Waals surface area (Å²) < 4.78 is 0. The monoisotopic (exact) mass is 276 g/mol. The third-order valence-electron chi connectivity index (χ3n) is 2.81. The molecule has 4 N–H and O–H groups in total. The van der Waals surface area contributed by atoms with E-state index in [1.165, 1.54) is 6.07 Å². The summed E-state index contributed by atoms with van der Waals surface area (Å²) in [6.45, 7) is 7.30. The van der Waals surface area contributed by atoms with Crippen molar-refractivity contribution in [1.82, 2.24) is 0 Å². The number of aryl methyl sites for hydroxylation is 1. The number of nitro benzene ring substituents is 1. The van der Waals surface area contributed by atoms with Gasteiger partial charge in [-0.15, -0.1) is 0 Å². The van der Waals surface area contributed by atoms with Gasteiger partial charge in [0.25, 0.3) is 11.6 Å². The number of hydrogen-bond donors (Lipinski definition) is 2. The van der Waals surface area contributed by atoms with Crippen molar-refractivity contribution in [2.24, 2.45) is 16.5 Å². The summed E-state index contributed by atoms with van der Waals surface area (Å²) in [5.41, 5.74) is 11.8. The molecule has 0 bridgehead atoms. The molecule has 1 amide bonds. The number of benzene rings is 1. The van der Waals surface area contributed by atoms with Crippen LogP contribution in [0.15, 0.2) is 23.7 Å². The smallest absolute Gasteiger partial charge is 0.280 e. The average Bonchev–Trinajstić information content (AvgIpc) is 2.35. The summed E-state index contributed by atoms with van der Waals surface area (Å²) in [5.74, 6) is -1.10. The number of guanidine groups is 1. The predicted molar refractivity (Wildman–Crippen MR) is 77.3 cm³/mol. The molecule has 0 heterocycles. The van der Waals surface area contributed by atoms with Gasteiger partial charge in [0.15, 0.2) is 5.96 Å². The second-order valence-corrected chi connectivity index (χ2v) is 4.24. The van der Waals surface area contributed by atoms with Crippen LogP contribution in [-0.2, 0) is 0 Å². The van der Waals surface area contributed by atoms with E-state index in [4.69, 9.17) is 11.5 Å². The van der Waals surface area contributed by atoms with Gasteiger partial charge in [-0.3, -0.25) is 14.9 Å². The zero-order valence-electron chi connectivity index (χ0n) is 11.3. The molecule has 0 saturated heterocycles. The summed E-state index contributed by atoms with van der Waals surface area (Å²) in [4.78, 5) is 25.8. The molecule has 0 spiro atoms. The maximum atomic E-state index is 11.8. The third-order valence-corrected chi connectivity index (χ3v) is 2.81. The number of nitrogens with two attached hydrogens (primary N) is 2. The molecule has 0 fully saturated rings. The molecule has 0 unspecified atom stereocenters. The van der Waals surface area contributed by atoms with Crippen molar-refractivity contribution in [2.45, 2.75) is 20.3 Å². The Morgan fingerprint density at radius 2 is 2.00 bits per heavy atom. The molecule has 106 valence electrons. The topological polar surface area (TPSA) is 125 Å². The van der Waals surface area contributed by atoms with Crippen molar-refractivity contribution < 1.29 is 9.72 Å². The number of allylic oxidation sites excluding steroid dienone is 1. The molecule has 0 atom stereocenters. The van der Waals surface area contributed by atoms with Crippen LogP contribution in [0.4, 0.5) is 5.69 Å². The highest BCUT2D eigenvalue weighted by molar-refractivity contribution is 6.03. The molecular formula is C13H16N4O3. The number of carbonyl (C=O) groups is 1. The second-order valence-electron chi connectivity index (χ2n) is 4.24. The number of rotatable bonds is 4. The lowest BCUT2D eigenvalue weighted by molar-refractivity contribution is -0.385. The molecule has 7 heteroatoms. The van der Waals surface area contributed by atoms with E-state index in [9.17, 15) is 14.9 Å². The van der Waals surface area contributed by atoms with E-state index in [1.54, 1.807) is 13.0 Å². The lowest BCUT2D eigenvalue weighted by Crippen LogP contribution is -2.24. The lowest BCUT2D eigenvalue weighted by Gasteiger charge is -2.08. The van der Waals surface area contributed by atoms with Gasteiger partial charge in [0.1, 0.15) is 0 Å². The maximum Gasteiger partial charge on any atom is 0.280 e. The molecule has 0 aliphatic heterocycles. The van der Waals surface area contributed by atoms with Crippen molar-refractivity contribution in [3.63, 3.8) is 0 Å². The summed E-state index contributed by atoms with van der Waals surface area (Å²) in [6.07, 6.45) is 0.571. The van der Waals surface area contributed by atoms with Crippen molar-refractivity contribution in [3.05, 3.63) is 45.5 Å². The summed E-state index contributed by atoms with van der Waals surface area (Å²) >= 11 is 0. The Morgan fingerprint density at radius 3 is 2.45 bits per heavy atom. The first-order chi connectivity index (χ1) is 9.27.